The first-order valence-corrected chi connectivity index (χ1v) is 5.53. The first-order chi connectivity index (χ1) is 6.68. The molecule has 0 radical (unpaired) electrons. The molecular formula is C10H10N2S2. The van der Waals surface area contributed by atoms with E-state index < -0.39 is 0 Å². The van der Waals surface area contributed by atoms with Crippen LogP contribution in [-0.2, 0) is 0 Å². The predicted octanol–water partition coefficient (Wildman–Crippen LogP) is 3.48. The Morgan fingerprint density at radius 2 is 2.14 bits per heavy atom. The standard InChI is InChI=1S/C10H10N2S2/c1-6-4-3-5-8(7(6)2)9-11-12-10(13)14-9/h3-5H,1-2H3,(H,12,13). The second-order valence-corrected chi connectivity index (χ2v) is 4.83. The summed E-state index contributed by atoms with van der Waals surface area (Å²) in [6.07, 6.45) is 0. The van der Waals surface area contributed by atoms with Crippen molar-refractivity contribution in [2.45, 2.75) is 13.8 Å². The third-order valence-corrected chi connectivity index (χ3v) is 3.40. The molecule has 1 heterocycles. The molecule has 4 heteroatoms. The number of benzene rings is 1. The molecule has 0 saturated heterocycles. The molecule has 0 spiro atoms. The van der Waals surface area contributed by atoms with Gasteiger partial charge in [0.05, 0.1) is 0 Å². The Morgan fingerprint density at radius 1 is 1.36 bits per heavy atom. The molecule has 14 heavy (non-hydrogen) atoms. The maximum absolute atomic E-state index is 5.01. The molecule has 0 atom stereocenters. The van der Waals surface area contributed by atoms with E-state index in [4.69, 9.17) is 12.2 Å². The van der Waals surface area contributed by atoms with Gasteiger partial charge in [0.1, 0.15) is 5.01 Å². The van der Waals surface area contributed by atoms with Crippen molar-refractivity contribution in [3.63, 3.8) is 0 Å². The number of hydrogen-bond donors (Lipinski definition) is 1. The minimum absolute atomic E-state index is 0.723. The molecule has 1 N–H and O–H groups in total. The van der Waals surface area contributed by atoms with Crippen molar-refractivity contribution < 1.29 is 0 Å². The quantitative estimate of drug-likeness (QED) is 0.748. The average molecular weight is 222 g/mol. The van der Waals surface area contributed by atoms with E-state index in [1.807, 2.05) is 6.07 Å². The highest BCUT2D eigenvalue weighted by atomic mass is 32.1. The zero-order chi connectivity index (χ0) is 10.1. The van der Waals surface area contributed by atoms with Gasteiger partial charge in [0.2, 0.25) is 0 Å². The molecule has 0 amide bonds. The summed E-state index contributed by atoms with van der Waals surface area (Å²) in [5, 5.41) is 7.94. The maximum Gasteiger partial charge on any atom is 0.176 e. The van der Waals surface area contributed by atoms with Crippen LogP contribution in [0.15, 0.2) is 18.2 Å². The van der Waals surface area contributed by atoms with E-state index in [2.05, 4.69) is 36.2 Å². The van der Waals surface area contributed by atoms with Crippen LogP contribution in [0.4, 0.5) is 0 Å². The highest BCUT2D eigenvalue weighted by Crippen LogP contribution is 2.26. The molecular weight excluding hydrogens is 212 g/mol. The normalized spacial score (nSPS) is 10.4. The topological polar surface area (TPSA) is 28.7 Å². The van der Waals surface area contributed by atoms with Crippen molar-refractivity contribution in [1.82, 2.24) is 10.2 Å². The van der Waals surface area contributed by atoms with Gasteiger partial charge >= 0.3 is 0 Å². The fourth-order valence-corrected chi connectivity index (χ4v) is 2.30. The van der Waals surface area contributed by atoms with Gasteiger partial charge in [0.15, 0.2) is 3.95 Å². The van der Waals surface area contributed by atoms with Gasteiger partial charge in [0.25, 0.3) is 0 Å². The van der Waals surface area contributed by atoms with Gasteiger partial charge < -0.3 is 0 Å². The number of aryl methyl sites for hydroxylation is 1. The summed E-state index contributed by atoms with van der Waals surface area (Å²) >= 11 is 6.52. The van der Waals surface area contributed by atoms with Crippen LogP contribution in [0.25, 0.3) is 10.6 Å². The number of rotatable bonds is 1. The van der Waals surface area contributed by atoms with Crippen molar-refractivity contribution in [2.75, 3.05) is 0 Å². The summed E-state index contributed by atoms with van der Waals surface area (Å²) in [5.74, 6) is 0. The van der Waals surface area contributed by atoms with Gasteiger partial charge in [-0.2, -0.15) is 5.10 Å². The van der Waals surface area contributed by atoms with Gasteiger partial charge in [-0.1, -0.05) is 29.5 Å². The SMILES string of the molecule is Cc1cccc(-c2n[nH]c(=S)s2)c1C. The predicted molar refractivity (Wildman–Crippen MR) is 62.2 cm³/mol. The zero-order valence-corrected chi connectivity index (χ0v) is 9.63. The Balaban J connectivity index is 2.62. The summed E-state index contributed by atoms with van der Waals surface area (Å²) in [7, 11) is 0. The van der Waals surface area contributed by atoms with Crippen molar-refractivity contribution in [3.8, 4) is 10.6 Å². The van der Waals surface area contributed by atoms with E-state index in [0.717, 1.165) is 8.96 Å². The third kappa shape index (κ3) is 1.63. The Kier molecular flexibility index (Phi) is 2.48. The molecule has 1 aromatic carbocycles. The van der Waals surface area contributed by atoms with E-state index in [1.165, 1.54) is 28.0 Å². The minimum Gasteiger partial charge on any atom is -0.258 e. The molecule has 0 saturated carbocycles. The summed E-state index contributed by atoms with van der Waals surface area (Å²) in [6, 6.07) is 6.22. The van der Waals surface area contributed by atoms with Gasteiger partial charge in [-0.25, -0.2) is 0 Å². The van der Waals surface area contributed by atoms with E-state index >= 15 is 0 Å². The molecule has 0 bridgehead atoms. The van der Waals surface area contributed by atoms with Gasteiger partial charge in [0, 0.05) is 5.56 Å². The van der Waals surface area contributed by atoms with Crippen molar-refractivity contribution in [3.05, 3.63) is 33.3 Å². The first kappa shape index (κ1) is 9.55. The van der Waals surface area contributed by atoms with Crippen molar-refractivity contribution >= 4 is 23.6 Å². The van der Waals surface area contributed by atoms with Crippen LogP contribution < -0.4 is 0 Å². The molecule has 0 fully saturated rings. The van der Waals surface area contributed by atoms with Crippen LogP contribution in [0.5, 0.6) is 0 Å². The highest BCUT2D eigenvalue weighted by molar-refractivity contribution is 7.73. The number of nitrogens with one attached hydrogen (secondary N) is 1. The fourth-order valence-electron chi connectivity index (χ4n) is 1.33. The monoisotopic (exact) mass is 222 g/mol. The van der Waals surface area contributed by atoms with Gasteiger partial charge in [-0.3, -0.25) is 5.10 Å². The summed E-state index contributed by atoms with van der Waals surface area (Å²) < 4.78 is 0.723. The van der Waals surface area contributed by atoms with Crippen LogP contribution in [0.2, 0.25) is 0 Å². The van der Waals surface area contributed by atoms with Crippen LogP contribution in [0.1, 0.15) is 11.1 Å². The zero-order valence-electron chi connectivity index (χ0n) is 8.00. The molecule has 1 aromatic heterocycles. The third-order valence-electron chi connectivity index (χ3n) is 2.27. The molecule has 0 aliphatic heterocycles. The molecule has 2 nitrogen and oxygen atoms in total. The maximum atomic E-state index is 5.01. The second kappa shape index (κ2) is 3.63. The summed E-state index contributed by atoms with van der Waals surface area (Å²) in [5.41, 5.74) is 3.72. The van der Waals surface area contributed by atoms with Crippen LogP contribution in [-0.4, -0.2) is 10.2 Å². The van der Waals surface area contributed by atoms with Gasteiger partial charge in [-0.15, -0.1) is 0 Å². The largest absolute Gasteiger partial charge is 0.258 e. The number of aromatic amines is 1. The first-order valence-electron chi connectivity index (χ1n) is 4.30. The number of aromatic nitrogens is 2. The van der Waals surface area contributed by atoms with E-state index in [-0.39, 0.29) is 0 Å². The van der Waals surface area contributed by atoms with Crippen LogP contribution in [0, 0.1) is 17.8 Å². The molecule has 0 aliphatic carbocycles. The lowest BCUT2D eigenvalue weighted by Crippen LogP contribution is -1.85. The Labute approximate surface area is 91.6 Å². The van der Waals surface area contributed by atoms with Crippen LogP contribution in [0.3, 0.4) is 0 Å². The highest BCUT2D eigenvalue weighted by Gasteiger charge is 2.06. The van der Waals surface area contributed by atoms with Crippen LogP contribution >= 0.6 is 23.6 Å². The molecule has 0 aliphatic rings. The Morgan fingerprint density at radius 3 is 2.79 bits per heavy atom. The lowest BCUT2D eigenvalue weighted by atomic mass is 10.0. The lowest BCUT2D eigenvalue weighted by molar-refractivity contribution is 1.08. The molecule has 2 aromatic rings. The second-order valence-electron chi connectivity index (χ2n) is 3.17. The number of H-pyrrole nitrogens is 1. The van der Waals surface area contributed by atoms with Crippen molar-refractivity contribution in [1.29, 1.82) is 0 Å². The molecule has 0 unspecified atom stereocenters. The van der Waals surface area contributed by atoms with E-state index in [1.54, 1.807) is 0 Å². The van der Waals surface area contributed by atoms with Gasteiger partial charge in [-0.05, 0) is 37.2 Å². The Hall–Kier alpha value is -1.00. The average Bonchev–Trinajstić information content (AvgIpc) is 2.57. The lowest BCUT2D eigenvalue weighted by Gasteiger charge is -2.03. The fraction of sp³-hybridized carbons (Fsp3) is 0.200. The number of nitrogens with zero attached hydrogens (tertiary/aromatic N) is 1. The van der Waals surface area contributed by atoms with Crippen molar-refractivity contribution in [2.24, 2.45) is 0 Å². The Bertz CT molecular complexity index is 511. The smallest absolute Gasteiger partial charge is 0.176 e. The number of hydrogen-bond acceptors (Lipinski definition) is 3. The molecule has 72 valence electrons. The van der Waals surface area contributed by atoms with E-state index in [0.29, 0.717) is 0 Å². The summed E-state index contributed by atoms with van der Waals surface area (Å²) in [6.45, 7) is 4.21. The van der Waals surface area contributed by atoms with E-state index in [9.17, 15) is 0 Å². The minimum atomic E-state index is 0.723. The molecule has 2 rings (SSSR count). The summed E-state index contributed by atoms with van der Waals surface area (Å²) in [4.78, 5) is 0.